The van der Waals surface area contributed by atoms with E-state index < -0.39 is 0 Å². The molecule has 0 spiro atoms. The quantitative estimate of drug-likeness (QED) is 0.616. The van der Waals surface area contributed by atoms with E-state index in [2.05, 4.69) is 0 Å². The molecule has 2 nitrogen and oxygen atoms in total. The van der Waals surface area contributed by atoms with Gasteiger partial charge in [-0.05, 0) is 41.5 Å². The minimum atomic E-state index is -0.161. The van der Waals surface area contributed by atoms with Gasteiger partial charge in [-0.3, -0.25) is 0 Å². The lowest BCUT2D eigenvalue weighted by Crippen LogP contribution is -2.23. The molecule has 0 fully saturated rings. The van der Waals surface area contributed by atoms with E-state index in [1.54, 1.807) is 0 Å². The molecule has 2 heteroatoms. The van der Waals surface area contributed by atoms with E-state index in [0.717, 1.165) is 0 Å². The minimum absolute atomic E-state index is 0.161. The minimum Gasteiger partial charge on any atom is -0.342 e. The molecule has 0 bridgehead atoms. The maximum Gasteiger partial charge on any atom is 0.210 e. The molecule has 0 aromatic carbocycles. The van der Waals surface area contributed by atoms with Crippen molar-refractivity contribution in [2.75, 3.05) is 0 Å². The monoisotopic (exact) mass is 159 g/mol. The SMILES string of the molecule is CC(C)(C)O[CH]OC(C)(C)C. The Balaban J connectivity index is 3.44. The van der Waals surface area contributed by atoms with E-state index in [1.807, 2.05) is 41.5 Å². The van der Waals surface area contributed by atoms with Crippen LogP contribution in [-0.4, -0.2) is 11.2 Å². The summed E-state index contributed by atoms with van der Waals surface area (Å²) in [6, 6.07) is 0. The Morgan fingerprint density at radius 3 is 1.18 bits per heavy atom. The number of hydrogen-bond donors (Lipinski definition) is 0. The molecule has 67 valence electrons. The first-order valence-electron chi connectivity index (χ1n) is 3.88. The normalized spacial score (nSPS) is 13.6. The molecule has 0 unspecified atom stereocenters. The van der Waals surface area contributed by atoms with Gasteiger partial charge >= 0.3 is 0 Å². The van der Waals surface area contributed by atoms with Gasteiger partial charge in [0.15, 0.2) is 0 Å². The van der Waals surface area contributed by atoms with Gasteiger partial charge in [-0.2, -0.15) is 0 Å². The summed E-state index contributed by atoms with van der Waals surface area (Å²) < 4.78 is 10.5. The van der Waals surface area contributed by atoms with Gasteiger partial charge in [-0.25, -0.2) is 0 Å². The fourth-order valence-electron chi connectivity index (χ4n) is 0.313. The van der Waals surface area contributed by atoms with Crippen LogP contribution in [0.3, 0.4) is 0 Å². The second-order valence-electron chi connectivity index (χ2n) is 4.56. The largest absolute Gasteiger partial charge is 0.342 e. The highest BCUT2D eigenvalue weighted by Crippen LogP contribution is 2.13. The number of rotatable bonds is 2. The van der Waals surface area contributed by atoms with Gasteiger partial charge in [0.2, 0.25) is 6.79 Å². The number of ether oxygens (including phenoxy) is 2. The van der Waals surface area contributed by atoms with Crippen molar-refractivity contribution in [3.63, 3.8) is 0 Å². The maximum absolute atomic E-state index is 5.26. The third-order valence-electron chi connectivity index (χ3n) is 0.803. The van der Waals surface area contributed by atoms with Crippen molar-refractivity contribution in [1.82, 2.24) is 0 Å². The zero-order valence-electron chi connectivity index (χ0n) is 8.39. The van der Waals surface area contributed by atoms with Crippen molar-refractivity contribution in [3.05, 3.63) is 6.79 Å². The molecule has 0 aromatic heterocycles. The summed E-state index contributed by atoms with van der Waals surface area (Å²) in [5, 5.41) is 0. The molecular weight excluding hydrogens is 140 g/mol. The van der Waals surface area contributed by atoms with Gasteiger partial charge in [0.05, 0.1) is 11.2 Å². The Labute approximate surface area is 69.9 Å². The predicted octanol–water partition coefficient (Wildman–Crippen LogP) is 2.74. The summed E-state index contributed by atoms with van der Waals surface area (Å²) in [7, 11) is 0. The Morgan fingerprint density at radius 1 is 0.727 bits per heavy atom. The fraction of sp³-hybridized carbons (Fsp3) is 0.889. The fourth-order valence-corrected chi connectivity index (χ4v) is 0.313. The van der Waals surface area contributed by atoms with Crippen LogP contribution in [-0.2, 0) is 9.47 Å². The topological polar surface area (TPSA) is 18.5 Å². The van der Waals surface area contributed by atoms with Crippen LogP contribution >= 0.6 is 0 Å². The Morgan fingerprint density at radius 2 is 1.00 bits per heavy atom. The van der Waals surface area contributed by atoms with Gasteiger partial charge in [0.1, 0.15) is 0 Å². The van der Waals surface area contributed by atoms with Crippen LogP contribution in [0.2, 0.25) is 0 Å². The Bertz CT molecular complexity index is 91.7. The maximum atomic E-state index is 5.26. The molecule has 0 rings (SSSR count). The van der Waals surface area contributed by atoms with Crippen LogP contribution in [0.4, 0.5) is 0 Å². The van der Waals surface area contributed by atoms with Crippen LogP contribution in [0.1, 0.15) is 41.5 Å². The van der Waals surface area contributed by atoms with Crippen LogP contribution in [0, 0.1) is 6.79 Å². The summed E-state index contributed by atoms with van der Waals surface area (Å²) in [5.74, 6) is 0. The molecule has 1 radical (unpaired) electrons. The molecule has 0 aliphatic carbocycles. The van der Waals surface area contributed by atoms with Gasteiger partial charge < -0.3 is 9.47 Å². The summed E-state index contributed by atoms with van der Waals surface area (Å²) in [6.45, 7) is 13.3. The van der Waals surface area contributed by atoms with Crippen molar-refractivity contribution in [2.45, 2.75) is 52.7 Å². The standard InChI is InChI=1S/C9H19O2/c1-8(2,3)10-7-11-9(4,5)6/h7H,1-6H3. The summed E-state index contributed by atoms with van der Waals surface area (Å²) in [4.78, 5) is 0. The van der Waals surface area contributed by atoms with Gasteiger partial charge in [0.25, 0.3) is 0 Å². The smallest absolute Gasteiger partial charge is 0.210 e. The summed E-state index contributed by atoms with van der Waals surface area (Å²) in [6.07, 6.45) is 0. The molecule has 0 atom stereocenters. The third kappa shape index (κ3) is 9.92. The van der Waals surface area contributed by atoms with Gasteiger partial charge in [-0.15, -0.1) is 0 Å². The third-order valence-corrected chi connectivity index (χ3v) is 0.803. The Hall–Kier alpha value is -0.0800. The zero-order valence-corrected chi connectivity index (χ0v) is 8.39. The average Bonchev–Trinajstić information content (AvgIpc) is 1.55. The molecule has 0 saturated carbocycles. The second-order valence-corrected chi connectivity index (χ2v) is 4.56. The first-order valence-corrected chi connectivity index (χ1v) is 3.88. The lowest BCUT2D eigenvalue weighted by Gasteiger charge is -2.23. The van der Waals surface area contributed by atoms with Crippen LogP contribution in [0.5, 0.6) is 0 Å². The van der Waals surface area contributed by atoms with E-state index in [4.69, 9.17) is 9.47 Å². The lowest BCUT2D eigenvalue weighted by molar-refractivity contribution is -0.104. The van der Waals surface area contributed by atoms with Crippen molar-refractivity contribution >= 4 is 0 Å². The van der Waals surface area contributed by atoms with Crippen molar-refractivity contribution < 1.29 is 9.47 Å². The molecule has 0 heterocycles. The zero-order chi connectivity index (χ0) is 9.12. The van der Waals surface area contributed by atoms with Gasteiger partial charge in [-0.1, -0.05) is 0 Å². The molecule has 0 amide bonds. The van der Waals surface area contributed by atoms with Crippen molar-refractivity contribution in [3.8, 4) is 0 Å². The van der Waals surface area contributed by atoms with Gasteiger partial charge in [0, 0.05) is 0 Å². The van der Waals surface area contributed by atoms with E-state index in [9.17, 15) is 0 Å². The summed E-state index contributed by atoms with van der Waals surface area (Å²) in [5.41, 5.74) is -0.323. The lowest BCUT2D eigenvalue weighted by atomic mass is 10.2. The highest BCUT2D eigenvalue weighted by atomic mass is 16.7. The Kier molecular flexibility index (Phi) is 3.52. The molecule has 0 aromatic rings. The van der Waals surface area contributed by atoms with Crippen LogP contribution in [0.25, 0.3) is 0 Å². The average molecular weight is 159 g/mol. The highest BCUT2D eigenvalue weighted by molar-refractivity contribution is 4.63. The van der Waals surface area contributed by atoms with Crippen LogP contribution < -0.4 is 0 Å². The van der Waals surface area contributed by atoms with E-state index in [1.165, 1.54) is 6.79 Å². The van der Waals surface area contributed by atoms with E-state index >= 15 is 0 Å². The molecule has 0 saturated heterocycles. The molecule has 11 heavy (non-hydrogen) atoms. The first-order chi connectivity index (χ1) is 4.71. The molecule has 0 aliphatic rings. The summed E-state index contributed by atoms with van der Waals surface area (Å²) >= 11 is 0. The molecular formula is C9H19O2. The predicted molar refractivity (Wildman–Crippen MR) is 46.0 cm³/mol. The van der Waals surface area contributed by atoms with Crippen molar-refractivity contribution in [1.29, 1.82) is 0 Å². The highest BCUT2D eigenvalue weighted by Gasteiger charge is 2.14. The second kappa shape index (κ2) is 3.55. The van der Waals surface area contributed by atoms with E-state index in [-0.39, 0.29) is 11.2 Å². The number of hydrogen-bond acceptors (Lipinski definition) is 2. The van der Waals surface area contributed by atoms with Crippen LogP contribution in [0.15, 0.2) is 0 Å². The van der Waals surface area contributed by atoms with E-state index in [0.29, 0.717) is 0 Å². The van der Waals surface area contributed by atoms with Crippen molar-refractivity contribution in [2.24, 2.45) is 0 Å². The molecule has 0 N–H and O–H groups in total. The first kappa shape index (κ1) is 10.9. The molecule has 0 aliphatic heterocycles.